The molecule has 4 unspecified atom stereocenters. The lowest BCUT2D eigenvalue weighted by Crippen LogP contribution is -2.46. The fourth-order valence-electron chi connectivity index (χ4n) is 5.06. The maximum atomic E-state index is 12.7. The third-order valence-corrected chi connectivity index (χ3v) is 12.0. The molecular weight excluding hydrogens is 831 g/mol. The van der Waals surface area contributed by atoms with Crippen molar-refractivity contribution in [2.75, 3.05) is 37.8 Å². The van der Waals surface area contributed by atoms with E-state index in [1.54, 1.807) is 0 Å². The van der Waals surface area contributed by atoms with E-state index in [2.05, 4.69) is 41.3 Å². The molecule has 0 aromatic carbocycles. The van der Waals surface area contributed by atoms with E-state index >= 15 is 0 Å². The average molecular weight is 880 g/mol. The summed E-state index contributed by atoms with van der Waals surface area (Å²) in [4.78, 5) is 87.5. The normalized spacial score (nSPS) is 21.7. The van der Waals surface area contributed by atoms with Crippen molar-refractivity contribution < 1.29 is 80.5 Å². The van der Waals surface area contributed by atoms with Crippen LogP contribution in [0.2, 0.25) is 0 Å². The monoisotopic (exact) mass is 879 g/mol. The zero-order chi connectivity index (χ0) is 41.9. The third-order valence-electron chi connectivity index (χ3n) is 8.00. The minimum Gasteiger partial charge on any atom is -0.386 e. The Morgan fingerprint density at radius 1 is 1.02 bits per heavy atom. The molecule has 7 atom stereocenters. The van der Waals surface area contributed by atoms with E-state index in [9.17, 15) is 57.9 Å². The van der Waals surface area contributed by atoms with Gasteiger partial charge in [-0.3, -0.25) is 32.5 Å². The van der Waals surface area contributed by atoms with E-state index in [-0.39, 0.29) is 41.6 Å². The van der Waals surface area contributed by atoms with Gasteiger partial charge in [-0.1, -0.05) is 51.8 Å². The van der Waals surface area contributed by atoms with Crippen molar-refractivity contribution in [1.29, 1.82) is 0 Å². The number of thioether (sulfide) groups is 1. The first-order valence-electron chi connectivity index (χ1n) is 17.1. The molecule has 2 aromatic rings. The average Bonchev–Trinajstić information content (AvgIpc) is 3.66. The fourth-order valence-corrected chi connectivity index (χ4v) is 8.61. The molecule has 24 nitrogen and oxygen atoms in total. The standard InChI is InChI=1S/C28H48N7O17P3S/c1-4-5-6-7-8-19(37)56-12-11-30-18(36)9-10-31-26(40)23(39)28(2,3)14-49-55(46,47)52-54(44,45)48-13-17-22(51-53(41,42)43)21(38)27(50-17)35-16-34-20-24(29)32-15-33-25(20)35/h15-17,21-23,27,38-39H,4-14H2,1-3H3,(H,30,36)(H,31,40)(H,44,45)(H,46,47)(H2,29,32,33)(H2,41,42,43)/t17-,21?,22-,23?,27-/m1/s1. The van der Waals surface area contributed by atoms with Crippen LogP contribution in [-0.2, 0) is 50.7 Å². The van der Waals surface area contributed by atoms with E-state index in [1.165, 1.54) is 13.8 Å². The molecular formula is C28H48N7O17P3S. The maximum absolute atomic E-state index is 12.7. The Morgan fingerprint density at radius 3 is 2.39 bits per heavy atom. The summed E-state index contributed by atoms with van der Waals surface area (Å²) >= 11 is 1.13. The van der Waals surface area contributed by atoms with E-state index in [4.69, 9.17) is 19.5 Å². The number of aromatic nitrogens is 4. The number of phosphoric acid groups is 3. The molecule has 0 spiro atoms. The van der Waals surface area contributed by atoms with Crippen LogP contribution in [0.3, 0.4) is 0 Å². The van der Waals surface area contributed by atoms with Gasteiger partial charge in [-0.15, -0.1) is 0 Å². The van der Waals surface area contributed by atoms with Crippen molar-refractivity contribution in [1.82, 2.24) is 30.2 Å². The molecule has 2 aromatic heterocycles. The Kier molecular flexibility index (Phi) is 18.0. The maximum Gasteiger partial charge on any atom is 0.481 e. The van der Waals surface area contributed by atoms with Gasteiger partial charge in [0.2, 0.25) is 11.8 Å². The van der Waals surface area contributed by atoms with Gasteiger partial charge in [-0.25, -0.2) is 28.6 Å². The first-order chi connectivity index (χ1) is 26.1. The molecule has 1 saturated heterocycles. The first kappa shape index (κ1) is 47.9. The van der Waals surface area contributed by atoms with Gasteiger partial charge in [-0.05, 0) is 6.42 Å². The quantitative estimate of drug-likeness (QED) is 0.0516. The number of imidazole rings is 1. The number of aliphatic hydroxyl groups is 2. The smallest absolute Gasteiger partial charge is 0.386 e. The number of nitrogens with zero attached hydrogens (tertiary/aromatic N) is 4. The number of fused-ring (bicyclic) bond motifs is 1. The van der Waals surface area contributed by atoms with Crippen molar-refractivity contribution >= 4 is 69.1 Å². The minimum absolute atomic E-state index is 0.0323. The molecule has 0 radical (unpaired) electrons. The summed E-state index contributed by atoms with van der Waals surface area (Å²) in [6, 6.07) is 0. The van der Waals surface area contributed by atoms with Crippen LogP contribution in [-0.4, -0.2) is 123 Å². The van der Waals surface area contributed by atoms with Gasteiger partial charge in [-0.2, -0.15) is 4.31 Å². The van der Waals surface area contributed by atoms with Crippen molar-refractivity contribution in [3.63, 3.8) is 0 Å². The Balaban J connectivity index is 1.47. The lowest BCUT2D eigenvalue weighted by Gasteiger charge is -2.30. The van der Waals surface area contributed by atoms with Crippen LogP contribution < -0.4 is 16.4 Å². The van der Waals surface area contributed by atoms with Gasteiger partial charge >= 0.3 is 23.5 Å². The number of nitrogens with one attached hydrogen (secondary N) is 2. The second-order valence-corrected chi connectivity index (χ2v) is 18.5. The number of carbonyl (C=O) groups is 3. The molecule has 3 rings (SSSR count). The van der Waals surface area contributed by atoms with Crippen LogP contribution in [0.5, 0.6) is 0 Å². The molecule has 318 valence electrons. The summed E-state index contributed by atoms with van der Waals surface area (Å²) < 4.78 is 62.1. The molecule has 1 aliphatic rings. The number of rotatable bonds is 24. The Hall–Kier alpha value is -2.44. The highest BCUT2D eigenvalue weighted by Gasteiger charge is 2.50. The summed E-state index contributed by atoms with van der Waals surface area (Å²) in [5.74, 6) is -1.04. The lowest BCUT2D eigenvalue weighted by atomic mass is 9.87. The summed E-state index contributed by atoms with van der Waals surface area (Å²) in [6.45, 7) is 2.64. The second kappa shape index (κ2) is 21.0. The molecule has 1 aliphatic heterocycles. The molecule has 2 amide bonds. The van der Waals surface area contributed by atoms with E-state index in [0.29, 0.717) is 12.2 Å². The number of hydrogen-bond donors (Lipinski definition) is 9. The van der Waals surface area contributed by atoms with Crippen LogP contribution >= 0.6 is 35.2 Å². The molecule has 0 bridgehead atoms. The van der Waals surface area contributed by atoms with Gasteiger partial charge in [0.05, 0.1) is 19.5 Å². The van der Waals surface area contributed by atoms with Crippen molar-refractivity contribution in [3.8, 4) is 0 Å². The molecule has 1 fully saturated rings. The number of amides is 2. The predicted molar refractivity (Wildman–Crippen MR) is 196 cm³/mol. The largest absolute Gasteiger partial charge is 0.481 e. The van der Waals surface area contributed by atoms with E-state index < -0.39 is 84.6 Å². The number of nitrogen functional groups attached to an aromatic ring is 1. The van der Waals surface area contributed by atoms with E-state index in [0.717, 1.165) is 54.7 Å². The van der Waals surface area contributed by atoms with Crippen LogP contribution in [0.15, 0.2) is 12.7 Å². The number of anilines is 1. The van der Waals surface area contributed by atoms with Crippen LogP contribution in [0.4, 0.5) is 5.82 Å². The highest BCUT2D eigenvalue weighted by Crippen LogP contribution is 2.61. The SMILES string of the molecule is CCCCCCC(=O)SCCNC(=O)CCNC(=O)C(O)C(C)(C)COP(=O)(O)OP(=O)(O)OC[C@H]1O[C@@H](n2cnc3c(N)ncnc32)C(O)[C@@H]1OP(=O)(O)O. The molecule has 28 heteroatoms. The summed E-state index contributed by atoms with van der Waals surface area (Å²) in [5.41, 5.74) is 4.27. The van der Waals surface area contributed by atoms with E-state index in [1.807, 2.05) is 0 Å². The van der Waals surface area contributed by atoms with Gasteiger partial charge in [0.25, 0.3) is 0 Å². The molecule has 0 aliphatic carbocycles. The number of carbonyl (C=O) groups excluding carboxylic acids is 3. The molecule has 10 N–H and O–H groups in total. The third kappa shape index (κ3) is 15.1. The summed E-state index contributed by atoms with van der Waals surface area (Å²) in [5, 5.41) is 26.4. The number of ether oxygens (including phenoxy) is 1. The van der Waals surface area contributed by atoms with Gasteiger partial charge < -0.3 is 50.9 Å². The fraction of sp³-hybridized carbons (Fsp3) is 0.714. The highest BCUT2D eigenvalue weighted by molar-refractivity contribution is 8.13. The summed E-state index contributed by atoms with van der Waals surface area (Å²) in [7, 11) is -16.4. The molecule has 0 saturated carbocycles. The predicted octanol–water partition coefficient (Wildman–Crippen LogP) is 0.635. The van der Waals surface area contributed by atoms with Crippen LogP contribution in [0.1, 0.15) is 65.5 Å². The zero-order valence-corrected chi connectivity index (χ0v) is 34.1. The highest BCUT2D eigenvalue weighted by atomic mass is 32.2. The topological polar surface area (TPSA) is 364 Å². The number of aliphatic hydroxyl groups excluding tert-OH is 2. The number of hydrogen-bond acceptors (Lipinski definition) is 18. The Bertz CT molecular complexity index is 1800. The Labute approximate surface area is 325 Å². The molecule has 3 heterocycles. The number of phosphoric ester groups is 3. The number of unbranched alkanes of at least 4 members (excludes halogenated alkanes) is 3. The van der Waals surface area contributed by atoms with Crippen molar-refractivity contribution in [3.05, 3.63) is 12.7 Å². The molecule has 56 heavy (non-hydrogen) atoms. The van der Waals surface area contributed by atoms with Crippen LogP contribution in [0.25, 0.3) is 11.2 Å². The summed E-state index contributed by atoms with van der Waals surface area (Å²) in [6.07, 6.45) is -2.45. The minimum atomic E-state index is -5.56. The van der Waals surface area contributed by atoms with Gasteiger partial charge in [0.1, 0.15) is 36.3 Å². The Morgan fingerprint density at radius 2 is 1.71 bits per heavy atom. The van der Waals surface area contributed by atoms with Gasteiger partial charge in [0, 0.05) is 37.1 Å². The number of nitrogens with two attached hydrogens (primary N) is 1. The van der Waals surface area contributed by atoms with Crippen molar-refractivity contribution in [2.24, 2.45) is 5.41 Å². The lowest BCUT2D eigenvalue weighted by molar-refractivity contribution is -0.137. The van der Waals surface area contributed by atoms with Crippen molar-refractivity contribution in [2.45, 2.75) is 89.9 Å². The van der Waals surface area contributed by atoms with Gasteiger partial charge in [0.15, 0.2) is 22.8 Å². The second-order valence-electron chi connectivity index (χ2n) is 13.1. The first-order valence-corrected chi connectivity index (χ1v) is 22.6. The zero-order valence-electron chi connectivity index (χ0n) is 30.6. The van der Waals surface area contributed by atoms with Crippen LogP contribution in [0, 0.1) is 5.41 Å².